The molecule has 1 fully saturated rings. The van der Waals surface area contributed by atoms with Crippen molar-refractivity contribution in [1.29, 1.82) is 0 Å². The maximum absolute atomic E-state index is 12.0. The SMILES string of the molecule is CCOC(=O)c1sc(C(C)NC(=NC)NCCC2CCN(CC)CC2)nc1C.I. The molecule has 2 N–H and O–H groups in total. The Hall–Kier alpha value is -0.940. The van der Waals surface area contributed by atoms with E-state index >= 15 is 0 Å². The van der Waals surface area contributed by atoms with Crippen molar-refractivity contribution < 1.29 is 9.53 Å². The number of aryl methyl sites for hydroxylation is 1. The molecule has 0 aromatic carbocycles. The Morgan fingerprint density at radius 2 is 2.07 bits per heavy atom. The summed E-state index contributed by atoms with van der Waals surface area (Å²) in [6, 6.07) is -0.0362. The van der Waals surface area contributed by atoms with E-state index in [9.17, 15) is 4.79 Å². The van der Waals surface area contributed by atoms with Crippen LogP contribution in [0.4, 0.5) is 0 Å². The van der Waals surface area contributed by atoms with Crippen molar-refractivity contribution in [2.75, 3.05) is 39.8 Å². The Kier molecular flexibility index (Phi) is 12.0. The van der Waals surface area contributed by atoms with E-state index in [2.05, 4.69) is 32.4 Å². The van der Waals surface area contributed by atoms with Crippen LogP contribution >= 0.6 is 35.3 Å². The quantitative estimate of drug-likeness (QED) is 0.229. The van der Waals surface area contributed by atoms with E-state index < -0.39 is 0 Å². The minimum atomic E-state index is -0.299. The summed E-state index contributed by atoms with van der Waals surface area (Å²) in [6.07, 6.45) is 3.73. The molecule has 9 heteroatoms. The van der Waals surface area contributed by atoms with Gasteiger partial charge in [-0.25, -0.2) is 9.78 Å². The Labute approximate surface area is 196 Å². The maximum atomic E-state index is 12.0. The summed E-state index contributed by atoms with van der Waals surface area (Å²) in [5.41, 5.74) is 0.716. The first-order chi connectivity index (χ1) is 13.5. The summed E-state index contributed by atoms with van der Waals surface area (Å²) in [5, 5.41) is 7.65. The number of piperidine rings is 1. The van der Waals surface area contributed by atoms with Crippen LogP contribution in [0.25, 0.3) is 0 Å². The van der Waals surface area contributed by atoms with Crippen molar-refractivity contribution >= 4 is 47.2 Å². The molecule has 1 atom stereocenters. The maximum Gasteiger partial charge on any atom is 0.350 e. The number of nitrogens with zero attached hydrogens (tertiary/aromatic N) is 3. The van der Waals surface area contributed by atoms with Gasteiger partial charge in [0.05, 0.1) is 18.3 Å². The average Bonchev–Trinajstić information content (AvgIpc) is 3.09. The molecule has 29 heavy (non-hydrogen) atoms. The first kappa shape index (κ1) is 26.1. The number of aromatic nitrogens is 1. The highest BCUT2D eigenvalue weighted by atomic mass is 127. The van der Waals surface area contributed by atoms with Crippen molar-refractivity contribution in [2.24, 2.45) is 10.9 Å². The molecule has 1 aromatic rings. The normalized spacial score (nSPS) is 16.8. The van der Waals surface area contributed by atoms with E-state index in [-0.39, 0.29) is 36.0 Å². The van der Waals surface area contributed by atoms with E-state index in [0.29, 0.717) is 17.2 Å². The largest absolute Gasteiger partial charge is 0.462 e. The summed E-state index contributed by atoms with van der Waals surface area (Å²) < 4.78 is 5.10. The van der Waals surface area contributed by atoms with Gasteiger partial charge in [0.25, 0.3) is 0 Å². The second-order valence-electron chi connectivity index (χ2n) is 7.22. The highest BCUT2D eigenvalue weighted by Crippen LogP contribution is 2.24. The van der Waals surface area contributed by atoms with Crippen LogP contribution < -0.4 is 10.6 Å². The van der Waals surface area contributed by atoms with E-state index in [1.807, 2.05) is 20.8 Å². The van der Waals surface area contributed by atoms with Crippen LogP contribution in [0.1, 0.15) is 66.4 Å². The van der Waals surface area contributed by atoms with Crippen LogP contribution in [0.5, 0.6) is 0 Å². The number of nitrogens with one attached hydrogen (secondary N) is 2. The zero-order valence-corrected chi connectivity index (χ0v) is 21.4. The monoisotopic (exact) mass is 537 g/mol. The van der Waals surface area contributed by atoms with Gasteiger partial charge in [-0.15, -0.1) is 35.3 Å². The number of hydrogen-bond donors (Lipinski definition) is 2. The predicted octanol–water partition coefficient (Wildman–Crippen LogP) is 3.59. The zero-order chi connectivity index (χ0) is 20.5. The lowest BCUT2D eigenvalue weighted by Crippen LogP contribution is -2.40. The van der Waals surface area contributed by atoms with Gasteiger partial charge < -0.3 is 20.3 Å². The smallest absolute Gasteiger partial charge is 0.350 e. The molecular weight excluding hydrogens is 501 g/mol. The third-order valence-corrected chi connectivity index (χ3v) is 6.54. The standard InChI is InChI=1S/C20H35N5O2S.HI/c1-6-25-12-9-16(10-13-25)8-11-22-20(21-5)24-15(4)18-23-14(3)17(28-18)19(26)27-7-2;/h15-16H,6-13H2,1-5H3,(H2,21,22,24);1H. The molecule has 2 heterocycles. The van der Waals surface area contributed by atoms with Gasteiger partial charge in [-0.05, 0) is 65.6 Å². The molecular formula is C20H36IN5O2S. The second-order valence-corrected chi connectivity index (χ2v) is 8.25. The predicted molar refractivity (Wildman–Crippen MR) is 131 cm³/mol. The number of ether oxygens (including phenoxy) is 1. The fourth-order valence-corrected chi connectivity index (χ4v) is 4.40. The van der Waals surface area contributed by atoms with Crippen molar-refractivity contribution in [2.45, 2.75) is 53.0 Å². The number of rotatable bonds is 8. The van der Waals surface area contributed by atoms with E-state index in [1.54, 1.807) is 7.05 Å². The summed E-state index contributed by atoms with van der Waals surface area (Å²) >= 11 is 1.38. The van der Waals surface area contributed by atoms with Crippen LogP contribution in [0.2, 0.25) is 0 Å². The molecule has 0 amide bonds. The summed E-state index contributed by atoms with van der Waals surface area (Å²) in [6.45, 7) is 12.8. The molecule has 0 radical (unpaired) electrons. The fraction of sp³-hybridized carbons (Fsp3) is 0.750. The third-order valence-electron chi connectivity index (χ3n) is 5.22. The van der Waals surface area contributed by atoms with Gasteiger partial charge in [0.15, 0.2) is 5.96 Å². The molecule has 0 saturated carbocycles. The molecule has 7 nitrogen and oxygen atoms in total. The Bertz CT molecular complexity index is 659. The van der Waals surface area contributed by atoms with Crippen LogP contribution in [-0.4, -0.2) is 61.6 Å². The number of halogens is 1. The zero-order valence-electron chi connectivity index (χ0n) is 18.3. The number of likely N-dealkylation sites (tertiary alicyclic amines) is 1. The molecule has 1 saturated heterocycles. The Balaban J connectivity index is 0.00000420. The highest BCUT2D eigenvalue weighted by molar-refractivity contribution is 14.0. The number of hydrogen-bond acceptors (Lipinski definition) is 6. The number of carbonyl (C=O) groups is 1. The van der Waals surface area contributed by atoms with Gasteiger partial charge in [0, 0.05) is 13.6 Å². The van der Waals surface area contributed by atoms with E-state index in [1.165, 1.54) is 37.3 Å². The molecule has 1 aromatic heterocycles. The number of aliphatic imine (C=N–C) groups is 1. The number of carbonyl (C=O) groups excluding carboxylic acids is 1. The fourth-order valence-electron chi connectivity index (χ4n) is 3.44. The molecule has 1 unspecified atom stereocenters. The Morgan fingerprint density at radius 1 is 1.38 bits per heavy atom. The lowest BCUT2D eigenvalue weighted by molar-refractivity contribution is 0.0531. The second kappa shape index (κ2) is 13.4. The minimum Gasteiger partial charge on any atom is -0.462 e. The van der Waals surface area contributed by atoms with Gasteiger partial charge in [-0.3, -0.25) is 4.99 Å². The van der Waals surface area contributed by atoms with Crippen LogP contribution in [0.15, 0.2) is 4.99 Å². The number of guanidine groups is 1. The van der Waals surface area contributed by atoms with Gasteiger partial charge >= 0.3 is 5.97 Å². The lowest BCUT2D eigenvalue weighted by atomic mass is 9.93. The topological polar surface area (TPSA) is 78.8 Å². The van der Waals surface area contributed by atoms with Crippen molar-refractivity contribution in [1.82, 2.24) is 20.5 Å². The van der Waals surface area contributed by atoms with Gasteiger partial charge in [0.1, 0.15) is 9.88 Å². The van der Waals surface area contributed by atoms with E-state index in [4.69, 9.17) is 4.74 Å². The van der Waals surface area contributed by atoms with Gasteiger partial charge in [-0.1, -0.05) is 6.92 Å². The summed E-state index contributed by atoms with van der Waals surface area (Å²) in [7, 11) is 1.78. The number of thiazole rings is 1. The summed E-state index contributed by atoms with van der Waals surface area (Å²) in [4.78, 5) is 24.0. The van der Waals surface area contributed by atoms with Crippen LogP contribution in [0.3, 0.4) is 0 Å². The first-order valence-corrected chi connectivity index (χ1v) is 11.1. The lowest BCUT2D eigenvalue weighted by Gasteiger charge is -2.31. The first-order valence-electron chi connectivity index (χ1n) is 10.3. The molecule has 0 spiro atoms. The van der Waals surface area contributed by atoms with Crippen LogP contribution in [-0.2, 0) is 4.74 Å². The van der Waals surface area contributed by atoms with Gasteiger partial charge in [0.2, 0.25) is 0 Å². The average molecular weight is 538 g/mol. The molecule has 1 aliphatic heterocycles. The highest BCUT2D eigenvalue weighted by Gasteiger charge is 2.21. The van der Waals surface area contributed by atoms with Crippen molar-refractivity contribution in [3.8, 4) is 0 Å². The number of esters is 1. The molecule has 2 rings (SSSR count). The van der Waals surface area contributed by atoms with Crippen LogP contribution in [0, 0.1) is 12.8 Å². The third kappa shape index (κ3) is 8.01. The Morgan fingerprint density at radius 3 is 2.66 bits per heavy atom. The van der Waals surface area contributed by atoms with Gasteiger partial charge in [-0.2, -0.15) is 0 Å². The summed E-state index contributed by atoms with van der Waals surface area (Å²) in [5.74, 6) is 1.26. The van der Waals surface area contributed by atoms with Crippen molar-refractivity contribution in [3.05, 3.63) is 15.6 Å². The molecule has 0 bridgehead atoms. The molecule has 1 aliphatic rings. The molecule has 0 aliphatic carbocycles. The minimum absolute atomic E-state index is 0. The van der Waals surface area contributed by atoms with Crippen molar-refractivity contribution in [3.63, 3.8) is 0 Å². The van der Waals surface area contributed by atoms with E-state index in [0.717, 1.165) is 36.4 Å². The molecule has 166 valence electrons.